The molecule has 0 saturated heterocycles. The predicted octanol–water partition coefficient (Wildman–Crippen LogP) is 3.08. The van der Waals surface area contributed by atoms with Gasteiger partial charge in [0.1, 0.15) is 5.76 Å². The van der Waals surface area contributed by atoms with Crippen LogP contribution in [0.1, 0.15) is 33.6 Å². The van der Waals surface area contributed by atoms with Gasteiger partial charge in [-0.05, 0) is 18.3 Å². The summed E-state index contributed by atoms with van der Waals surface area (Å²) in [6.45, 7) is 4.80. The fourth-order valence-electron chi connectivity index (χ4n) is 3.52. The van der Waals surface area contributed by atoms with Crippen molar-refractivity contribution in [3.8, 4) is 0 Å². The zero-order valence-electron chi connectivity index (χ0n) is 10.7. The Morgan fingerprint density at radius 1 is 1.32 bits per heavy atom. The van der Waals surface area contributed by atoms with Gasteiger partial charge in [-0.25, -0.2) is 0 Å². The minimum absolute atomic E-state index is 0.317. The summed E-state index contributed by atoms with van der Waals surface area (Å²) in [7, 11) is -4.96. The highest BCUT2D eigenvalue weighted by molar-refractivity contribution is 7.81. The molecule has 4 nitrogen and oxygen atoms in total. The van der Waals surface area contributed by atoms with E-state index in [4.69, 9.17) is 4.55 Å². The van der Waals surface area contributed by atoms with Gasteiger partial charge in [-0.1, -0.05) is 20.8 Å². The Morgan fingerprint density at radius 2 is 1.84 bits per heavy atom. The molecule has 0 heterocycles. The molecule has 1 N–H and O–H groups in total. The van der Waals surface area contributed by atoms with Crippen molar-refractivity contribution in [3.05, 3.63) is 11.3 Å². The average molecular weight is 300 g/mol. The number of allylic oxidation sites excluding steroid dienone is 2. The first-order valence-electron chi connectivity index (χ1n) is 5.79. The van der Waals surface area contributed by atoms with Crippen LogP contribution in [-0.4, -0.2) is 19.1 Å². The van der Waals surface area contributed by atoms with Gasteiger partial charge in [0.05, 0.1) is 5.57 Å². The third-order valence-corrected chi connectivity index (χ3v) is 5.21. The van der Waals surface area contributed by atoms with Gasteiger partial charge in [0, 0.05) is 11.3 Å². The third-order valence-electron chi connectivity index (χ3n) is 4.82. The predicted molar refractivity (Wildman–Crippen MR) is 60.3 cm³/mol. The molecule has 19 heavy (non-hydrogen) atoms. The number of halogens is 3. The van der Waals surface area contributed by atoms with Gasteiger partial charge in [-0.3, -0.25) is 4.55 Å². The van der Waals surface area contributed by atoms with Crippen LogP contribution in [0.3, 0.4) is 0 Å². The Hall–Kier alpha value is -0.760. The molecule has 0 radical (unpaired) electrons. The van der Waals surface area contributed by atoms with Crippen LogP contribution < -0.4 is 0 Å². The van der Waals surface area contributed by atoms with E-state index >= 15 is 0 Å². The van der Waals surface area contributed by atoms with Crippen molar-refractivity contribution in [2.75, 3.05) is 0 Å². The molecule has 2 bridgehead atoms. The molecule has 110 valence electrons. The lowest BCUT2D eigenvalue weighted by atomic mass is 9.67. The summed E-state index contributed by atoms with van der Waals surface area (Å²) in [6.07, 6.45) is -3.95. The summed E-state index contributed by atoms with van der Waals surface area (Å²) >= 11 is 0. The van der Waals surface area contributed by atoms with E-state index in [0.29, 0.717) is 12.8 Å². The maximum atomic E-state index is 13.2. The quantitative estimate of drug-likeness (QED) is 0.796. The molecule has 1 saturated carbocycles. The molecule has 0 aromatic heterocycles. The summed E-state index contributed by atoms with van der Waals surface area (Å²) in [5.41, 5.74) is -2.92. The second kappa shape index (κ2) is 3.66. The molecule has 2 aliphatic rings. The Bertz CT molecular complexity index is 547. The van der Waals surface area contributed by atoms with Crippen molar-refractivity contribution < 1.29 is 30.3 Å². The van der Waals surface area contributed by atoms with Crippen LogP contribution in [0.5, 0.6) is 0 Å². The fraction of sp³-hybridized carbons (Fsp3) is 0.818. The lowest BCUT2D eigenvalue weighted by molar-refractivity contribution is -0.112. The lowest BCUT2D eigenvalue weighted by Crippen LogP contribution is -2.35. The van der Waals surface area contributed by atoms with Gasteiger partial charge in [-0.15, -0.1) is 0 Å². The summed E-state index contributed by atoms with van der Waals surface area (Å²) < 4.78 is 74.2. The molecule has 0 aromatic carbocycles. The van der Waals surface area contributed by atoms with Crippen LogP contribution in [-0.2, 0) is 14.6 Å². The van der Waals surface area contributed by atoms with Crippen molar-refractivity contribution in [1.29, 1.82) is 0 Å². The summed E-state index contributed by atoms with van der Waals surface area (Å²) in [5.74, 6) is -1.30. The van der Waals surface area contributed by atoms with E-state index in [1.165, 1.54) is 6.92 Å². The normalized spacial score (nSPS) is 33.9. The SMILES string of the molecule is CC12CCC(C(OS(=O)(=O)O)=C1C(F)(F)F)C2(C)C. The van der Waals surface area contributed by atoms with E-state index in [-0.39, 0.29) is 0 Å². The second-order valence-corrected chi connectivity index (χ2v) is 6.92. The largest absolute Gasteiger partial charge is 0.446 e. The highest BCUT2D eigenvalue weighted by Gasteiger charge is 2.68. The minimum atomic E-state index is -4.96. The molecule has 2 atom stereocenters. The Morgan fingerprint density at radius 3 is 2.26 bits per heavy atom. The first-order chi connectivity index (χ1) is 8.31. The van der Waals surface area contributed by atoms with Crippen LogP contribution in [0.25, 0.3) is 0 Å². The molecule has 2 rings (SSSR count). The van der Waals surface area contributed by atoms with Gasteiger partial charge >= 0.3 is 16.6 Å². The first-order valence-corrected chi connectivity index (χ1v) is 7.16. The van der Waals surface area contributed by atoms with Gasteiger partial charge in [0.2, 0.25) is 0 Å². The second-order valence-electron chi connectivity index (χ2n) is 5.89. The van der Waals surface area contributed by atoms with E-state index in [0.717, 1.165) is 0 Å². The summed E-state index contributed by atoms with van der Waals surface area (Å²) in [6, 6.07) is 0. The van der Waals surface area contributed by atoms with Crippen LogP contribution in [0.15, 0.2) is 11.3 Å². The van der Waals surface area contributed by atoms with Gasteiger partial charge in [0.25, 0.3) is 0 Å². The fourth-order valence-corrected chi connectivity index (χ4v) is 3.94. The van der Waals surface area contributed by atoms with Gasteiger partial charge in [0.15, 0.2) is 0 Å². The van der Waals surface area contributed by atoms with Crippen molar-refractivity contribution in [1.82, 2.24) is 0 Å². The number of hydrogen-bond acceptors (Lipinski definition) is 3. The van der Waals surface area contributed by atoms with Crippen molar-refractivity contribution >= 4 is 10.4 Å². The molecule has 8 heteroatoms. The zero-order chi connectivity index (χ0) is 14.9. The van der Waals surface area contributed by atoms with Crippen molar-refractivity contribution in [3.63, 3.8) is 0 Å². The number of rotatable bonds is 2. The maximum Gasteiger partial charge on any atom is 0.446 e. The molecular weight excluding hydrogens is 285 g/mol. The van der Waals surface area contributed by atoms with Crippen molar-refractivity contribution in [2.45, 2.75) is 39.8 Å². The molecule has 2 unspecified atom stereocenters. The Balaban J connectivity index is 2.64. The van der Waals surface area contributed by atoms with Crippen LogP contribution in [0.2, 0.25) is 0 Å². The highest BCUT2D eigenvalue weighted by atomic mass is 32.3. The maximum absolute atomic E-state index is 13.2. The smallest absolute Gasteiger partial charge is 0.366 e. The molecule has 1 fully saturated rings. The number of hydrogen-bond donors (Lipinski definition) is 1. The van der Waals surface area contributed by atoms with Crippen LogP contribution >= 0.6 is 0 Å². The monoisotopic (exact) mass is 300 g/mol. The molecule has 0 aromatic rings. The van der Waals surface area contributed by atoms with E-state index in [1.807, 2.05) is 0 Å². The molecular formula is C11H15F3O4S. The Kier molecular flexibility index (Phi) is 2.82. The van der Waals surface area contributed by atoms with E-state index < -0.39 is 44.7 Å². The third kappa shape index (κ3) is 1.96. The topological polar surface area (TPSA) is 63.6 Å². The van der Waals surface area contributed by atoms with Gasteiger partial charge in [-0.2, -0.15) is 21.6 Å². The van der Waals surface area contributed by atoms with E-state index in [2.05, 4.69) is 4.18 Å². The van der Waals surface area contributed by atoms with Crippen LogP contribution in [0, 0.1) is 16.7 Å². The molecule has 0 aliphatic heterocycles. The Labute approximate surface area is 109 Å². The summed E-state index contributed by atoms with van der Waals surface area (Å²) in [5, 5.41) is 0. The number of alkyl halides is 3. The highest BCUT2D eigenvalue weighted by Crippen LogP contribution is 2.70. The van der Waals surface area contributed by atoms with E-state index in [1.54, 1.807) is 13.8 Å². The molecule has 0 spiro atoms. The zero-order valence-corrected chi connectivity index (χ0v) is 11.5. The van der Waals surface area contributed by atoms with E-state index in [9.17, 15) is 21.6 Å². The van der Waals surface area contributed by atoms with Crippen molar-refractivity contribution in [2.24, 2.45) is 16.7 Å². The standard InChI is InChI=1S/C11H15F3O4S/c1-9(2)6-4-5-10(9,3)8(11(12,13)14)7(6)18-19(15,16)17/h6H,4-5H2,1-3H3,(H,15,16,17). The van der Waals surface area contributed by atoms with Crippen LogP contribution in [0.4, 0.5) is 13.2 Å². The van der Waals surface area contributed by atoms with Gasteiger partial charge < -0.3 is 4.18 Å². The summed E-state index contributed by atoms with van der Waals surface area (Å²) in [4.78, 5) is 0. The number of fused-ring (bicyclic) bond motifs is 2. The average Bonchev–Trinajstić information content (AvgIpc) is 2.41. The molecule has 0 amide bonds. The minimum Gasteiger partial charge on any atom is -0.366 e. The lowest BCUT2D eigenvalue weighted by Gasteiger charge is -2.37. The molecule has 2 aliphatic carbocycles. The first kappa shape index (κ1) is 14.6.